The molecule has 1 aliphatic heterocycles. The van der Waals surface area contributed by atoms with E-state index in [9.17, 15) is 9.50 Å². The third-order valence-corrected chi connectivity index (χ3v) is 5.06. The van der Waals surface area contributed by atoms with Gasteiger partial charge in [0.2, 0.25) is 5.95 Å². The molecule has 29 heavy (non-hydrogen) atoms. The van der Waals surface area contributed by atoms with Crippen molar-refractivity contribution in [3.63, 3.8) is 0 Å². The predicted molar refractivity (Wildman–Crippen MR) is 99.5 cm³/mol. The summed E-state index contributed by atoms with van der Waals surface area (Å²) in [4.78, 5) is 30.9. The van der Waals surface area contributed by atoms with E-state index < -0.39 is 5.82 Å². The molecule has 0 bridgehead atoms. The van der Waals surface area contributed by atoms with Crippen molar-refractivity contribution in [2.45, 2.75) is 25.0 Å². The van der Waals surface area contributed by atoms with Crippen LogP contribution in [0.5, 0.6) is 0 Å². The van der Waals surface area contributed by atoms with Crippen LogP contribution in [-0.4, -0.2) is 67.0 Å². The molecule has 2 aromatic rings. The SMILES string of the molecule is Nc1nc(N2C[C@H]3C[C@@H](n4ccnc4)[C@H](O)C[C@H]3C2)ncc1F.O=CO.O=CO. The van der Waals surface area contributed by atoms with E-state index in [1.54, 1.807) is 12.5 Å². The van der Waals surface area contributed by atoms with Crippen LogP contribution in [0.1, 0.15) is 18.9 Å². The van der Waals surface area contributed by atoms with E-state index in [0.717, 1.165) is 32.1 Å². The van der Waals surface area contributed by atoms with Gasteiger partial charge in [-0.2, -0.15) is 4.98 Å². The lowest BCUT2D eigenvalue weighted by molar-refractivity contribution is -0.123. The maximum absolute atomic E-state index is 13.2. The number of nitrogen functional groups attached to an aromatic ring is 1. The van der Waals surface area contributed by atoms with Crippen molar-refractivity contribution in [1.82, 2.24) is 19.5 Å². The monoisotopic (exact) mass is 410 g/mol. The number of carboxylic acid groups (broad SMARTS) is 2. The van der Waals surface area contributed by atoms with Crippen LogP contribution in [-0.2, 0) is 9.59 Å². The van der Waals surface area contributed by atoms with Crippen molar-refractivity contribution in [3.8, 4) is 0 Å². The van der Waals surface area contributed by atoms with Crippen LogP contribution in [0.4, 0.5) is 16.2 Å². The van der Waals surface area contributed by atoms with Crippen LogP contribution in [0.15, 0.2) is 24.9 Å². The standard InChI is InChI=1S/C15H19FN6O.2CH2O2/c16-11-5-19-15(20-14(11)17)22-6-9-3-12(21-2-1-18-8-21)13(23)4-10(9)7-22;2*2-1-3/h1-2,5,8-10,12-13,23H,3-4,6-7H2,(H2,17,19,20);2*1H,(H,2,3)/t9-,10+,12-,13-;;/m1../s1. The van der Waals surface area contributed by atoms with Gasteiger partial charge < -0.3 is 30.5 Å². The lowest BCUT2D eigenvalue weighted by atomic mass is 9.77. The molecule has 1 saturated carbocycles. The Balaban J connectivity index is 0.000000449. The number of aliphatic hydroxyl groups is 1. The van der Waals surface area contributed by atoms with Gasteiger partial charge in [-0.05, 0) is 24.7 Å². The molecule has 2 aromatic heterocycles. The molecular weight excluding hydrogens is 387 g/mol. The largest absolute Gasteiger partial charge is 0.483 e. The average Bonchev–Trinajstić information content (AvgIpc) is 3.34. The number of aromatic nitrogens is 4. The fraction of sp³-hybridized carbons (Fsp3) is 0.471. The summed E-state index contributed by atoms with van der Waals surface area (Å²) in [5, 5.41) is 24.2. The minimum Gasteiger partial charge on any atom is -0.483 e. The second-order valence-electron chi connectivity index (χ2n) is 6.66. The van der Waals surface area contributed by atoms with Gasteiger partial charge in [-0.3, -0.25) is 9.59 Å². The third kappa shape index (κ3) is 5.38. The molecule has 4 atom stereocenters. The first-order valence-corrected chi connectivity index (χ1v) is 8.79. The lowest BCUT2D eigenvalue weighted by Gasteiger charge is -2.35. The maximum atomic E-state index is 13.2. The summed E-state index contributed by atoms with van der Waals surface area (Å²) in [6, 6.07) is 0.0536. The Labute approximate surface area is 165 Å². The van der Waals surface area contributed by atoms with Crippen LogP contribution in [0.3, 0.4) is 0 Å². The predicted octanol–water partition coefficient (Wildman–Crippen LogP) is 0.244. The molecule has 0 amide bonds. The second-order valence-corrected chi connectivity index (χ2v) is 6.66. The number of fused-ring (bicyclic) bond motifs is 1. The van der Waals surface area contributed by atoms with Crippen LogP contribution in [0.2, 0.25) is 0 Å². The van der Waals surface area contributed by atoms with Crippen molar-refractivity contribution in [3.05, 3.63) is 30.7 Å². The van der Waals surface area contributed by atoms with Gasteiger partial charge in [0, 0.05) is 25.5 Å². The summed E-state index contributed by atoms with van der Waals surface area (Å²) in [7, 11) is 0. The summed E-state index contributed by atoms with van der Waals surface area (Å²) < 4.78 is 15.2. The molecule has 0 aromatic carbocycles. The Morgan fingerprint density at radius 3 is 2.34 bits per heavy atom. The van der Waals surface area contributed by atoms with E-state index in [2.05, 4.69) is 15.0 Å². The topological polar surface area (TPSA) is 168 Å². The summed E-state index contributed by atoms with van der Waals surface area (Å²) in [6.45, 7) is 1.07. The fourth-order valence-electron chi connectivity index (χ4n) is 3.88. The highest BCUT2D eigenvalue weighted by molar-refractivity contribution is 5.40. The van der Waals surface area contributed by atoms with Crippen molar-refractivity contribution in [2.75, 3.05) is 23.7 Å². The number of carbonyl (C=O) groups is 2. The zero-order chi connectivity index (χ0) is 21.4. The number of nitrogens with two attached hydrogens (primary N) is 1. The summed E-state index contributed by atoms with van der Waals surface area (Å²) in [5.41, 5.74) is 5.54. The van der Waals surface area contributed by atoms with Crippen LogP contribution in [0.25, 0.3) is 0 Å². The molecule has 2 aliphatic rings. The number of anilines is 2. The smallest absolute Gasteiger partial charge is 0.290 e. The number of nitrogens with zero attached hydrogens (tertiary/aromatic N) is 5. The van der Waals surface area contributed by atoms with Gasteiger partial charge in [-0.1, -0.05) is 0 Å². The molecule has 4 rings (SSSR count). The molecule has 158 valence electrons. The van der Waals surface area contributed by atoms with Crippen molar-refractivity contribution >= 4 is 24.7 Å². The van der Waals surface area contributed by atoms with E-state index in [1.165, 1.54) is 0 Å². The maximum Gasteiger partial charge on any atom is 0.290 e. The number of aliphatic hydroxyl groups excluding tert-OH is 1. The van der Waals surface area contributed by atoms with E-state index >= 15 is 0 Å². The number of rotatable bonds is 2. The van der Waals surface area contributed by atoms with Gasteiger partial charge in [0.1, 0.15) is 0 Å². The molecule has 1 saturated heterocycles. The Kier molecular flexibility index (Phi) is 7.83. The highest BCUT2D eigenvalue weighted by Crippen LogP contribution is 2.42. The number of halogens is 1. The van der Waals surface area contributed by atoms with Gasteiger partial charge in [0.05, 0.1) is 24.7 Å². The fourth-order valence-corrected chi connectivity index (χ4v) is 3.88. The van der Waals surface area contributed by atoms with Crippen molar-refractivity contribution in [1.29, 1.82) is 0 Å². The first kappa shape index (κ1) is 22.0. The third-order valence-electron chi connectivity index (χ3n) is 5.06. The number of imidazole rings is 1. The van der Waals surface area contributed by atoms with Crippen LogP contribution < -0.4 is 10.6 Å². The van der Waals surface area contributed by atoms with Gasteiger partial charge in [-0.15, -0.1) is 0 Å². The van der Waals surface area contributed by atoms with Crippen molar-refractivity contribution < 1.29 is 29.3 Å². The quantitative estimate of drug-likeness (QED) is 0.503. The molecular formula is C17H23FN6O5. The van der Waals surface area contributed by atoms with Gasteiger partial charge in [0.15, 0.2) is 11.6 Å². The molecule has 5 N–H and O–H groups in total. The Morgan fingerprint density at radius 2 is 1.79 bits per heavy atom. The van der Waals surface area contributed by atoms with E-state index in [-0.39, 0.29) is 30.9 Å². The zero-order valence-corrected chi connectivity index (χ0v) is 15.5. The summed E-state index contributed by atoms with van der Waals surface area (Å²) >= 11 is 0. The minimum absolute atomic E-state index is 0.0536. The van der Waals surface area contributed by atoms with E-state index in [0.29, 0.717) is 17.8 Å². The summed E-state index contributed by atoms with van der Waals surface area (Å²) in [5.74, 6) is 0.578. The lowest BCUT2D eigenvalue weighted by Crippen LogP contribution is -2.35. The molecule has 0 radical (unpaired) electrons. The highest BCUT2D eigenvalue weighted by Gasteiger charge is 2.42. The summed E-state index contributed by atoms with van der Waals surface area (Å²) in [6.07, 6.45) is 7.73. The average molecular weight is 410 g/mol. The highest BCUT2D eigenvalue weighted by atomic mass is 19.1. The number of hydrogen-bond acceptors (Lipinski definition) is 8. The van der Waals surface area contributed by atoms with Gasteiger partial charge in [0.25, 0.3) is 12.9 Å². The molecule has 12 heteroatoms. The Bertz CT molecular complexity index is 787. The Morgan fingerprint density at radius 1 is 1.17 bits per heavy atom. The first-order valence-electron chi connectivity index (χ1n) is 8.79. The molecule has 2 fully saturated rings. The molecule has 0 unspecified atom stereocenters. The zero-order valence-electron chi connectivity index (χ0n) is 15.5. The van der Waals surface area contributed by atoms with Crippen LogP contribution in [0, 0.1) is 17.7 Å². The van der Waals surface area contributed by atoms with E-state index in [4.69, 9.17) is 25.5 Å². The molecule has 0 spiro atoms. The first-order chi connectivity index (χ1) is 13.9. The van der Waals surface area contributed by atoms with Gasteiger partial charge in [-0.25, -0.2) is 14.4 Å². The molecule has 3 heterocycles. The Hall–Kier alpha value is -3.28. The number of hydrogen-bond donors (Lipinski definition) is 4. The van der Waals surface area contributed by atoms with Gasteiger partial charge >= 0.3 is 0 Å². The van der Waals surface area contributed by atoms with Crippen LogP contribution >= 0.6 is 0 Å². The normalized spacial score (nSPS) is 25.0. The van der Waals surface area contributed by atoms with E-state index in [1.807, 2.05) is 15.7 Å². The minimum atomic E-state index is -0.596. The second kappa shape index (κ2) is 10.3. The van der Waals surface area contributed by atoms with Crippen molar-refractivity contribution in [2.24, 2.45) is 11.8 Å². The molecule has 11 nitrogen and oxygen atoms in total. The molecule has 1 aliphatic carbocycles.